The van der Waals surface area contributed by atoms with Crippen LogP contribution in [0.15, 0.2) is 24.3 Å². The van der Waals surface area contributed by atoms with Gasteiger partial charge in [0.25, 0.3) is 0 Å². The number of carboxylic acids is 1. The van der Waals surface area contributed by atoms with Gasteiger partial charge in [0.2, 0.25) is 0 Å². The van der Waals surface area contributed by atoms with Crippen LogP contribution in [-0.4, -0.2) is 17.1 Å². The molecule has 0 aliphatic heterocycles. The van der Waals surface area contributed by atoms with Gasteiger partial charge in [-0.25, -0.2) is 0 Å². The minimum absolute atomic E-state index is 0. The minimum atomic E-state index is -1.00. The molecule has 1 aromatic carbocycles. The van der Waals surface area contributed by atoms with E-state index >= 15 is 0 Å². The van der Waals surface area contributed by atoms with Crippen LogP contribution in [0.2, 0.25) is 5.02 Å². The summed E-state index contributed by atoms with van der Waals surface area (Å²) in [4.78, 5) is 10.8. The fraction of sp³-hybridized carbons (Fsp3) is 0.364. The Hall–Kier alpha value is -0.770. The van der Waals surface area contributed by atoms with E-state index in [0.717, 1.165) is 5.56 Å². The van der Waals surface area contributed by atoms with Crippen molar-refractivity contribution >= 4 is 30.0 Å². The van der Waals surface area contributed by atoms with E-state index in [9.17, 15) is 4.79 Å². The number of benzene rings is 1. The molecule has 1 atom stereocenters. The maximum absolute atomic E-state index is 10.8. The molecule has 1 aromatic rings. The zero-order chi connectivity index (χ0) is 11.6. The molecule has 0 saturated carbocycles. The SMILES string of the molecule is CC(C)(c1ccc(Cl)cc1)C(N)C(=O)O.Cl. The predicted molar refractivity (Wildman–Crippen MR) is 67.3 cm³/mol. The first-order valence-electron chi connectivity index (χ1n) is 4.60. The average Bonchev–Trinajstić information content (AvgIpc) is 2.17. The van der Waals surface area contributed by atoms with Gasteiger partial charge in [0.15, 0.2) is 0 Å². The molecule has 0 aliphatic carbocycles. The first-order valence-corrected chi connectivity index (χ1v) is 4.98. The van der Waals surface area contributed by atoms with Crippen LogP contribution in [0.3, 0.4) is 0 Å². The van der Waals surface area contributed by atoms with Gasteiger partial charge in [0.05, 0.1) is 0 Å². The summed E-state index contributed by atoms with van der Waals surface area (Å²) in [7, 11) is 0. The molecular weight excluding hydrogens is 249 g/mol. The van der Waals surface area contributed by atoms with Crippen molar-refractivity contribution < 1.29 is 9.90 Å². The van der Waals surface area contributed by atoms with E-state index in [1.54, 1.807) is 38.1 Å². The van der Waals surface area contributed by atoms with Crippen molar-refractivity contribution in [2.75, 3.05) is 0 Å². The van der Waals surface area contributed by atoms with Crippen molar-refractivity contribution in [2.24, 2.45) is 5.73 Å². The highest BCUT2D eigenvalue weighted by molar-refractivity contribution is 6.30. The normalized spacial score (nSPS) is 12.8. The van der Waals surface area contributed by atoms with Gasteiger partial charge in [-0.15, -0.1) is 12.4 Å². The summed E-state index contributed by atoms with van der Waals surface area (Å²) in [5.41, 5.74) is 5.88. The Morgan fingerprint density at radius 1 is 1.38 bits per heavy atom. The van der Waals surface area contributed by atoms with Crippen LogP contribution in [0.4, 0.5) is 0 Å². The minimum Gasteiger partial charge on any atom is -0.480 e. The highest BCUT2D eigenvalue weighted by Crippen LogP contribution is 2.27. The van der Waals surface area contributed by atoms with Crippen molar-refractivity contribution in [2.45, 2.75) is 25.3 Å². The molecule has 1 unspecified atom stereocenters. The number of carboxylic acid groups (broad SMARTS) is 1. The number of hydrogen-bond donors (Lipinski definition) is 2. The van der Waals surface area contributed by atoms with E-state index in [4.69, 9.17) is 22.4 Å². The number of rotatable bonds is 3. The predicted octanol–water partition coefficient (Wildman–Crippen LogP) is 2.45. The van der Waals surface area contributed by atoms with Crippen molar-refractivity contribution in [1.29, 1.82) is 0 Å². The number of aliphatic carboxylic acids is 1. The number of nitrogens with two attached hydrogens (primary N) is 1. The first kappa shape index (κ1) is 15.2. The van der Waals surface area contributed by atoms with Crippen LogP contribution in [-0.2, 0) is 10.2 Å². The summed E-state index contributed by atoms with van der Waals surface area (Å²) >= 11 is 5.76. The second-order valence-electron chi connectivity index (χ2n) is 4.04. The van der Waals surface area contributed by atoms with Crippen molar-refractivity contribution in [1.82, 2.24) is 0 Å². The third-order valence-corrected chi connectivity index (χ3v) is 2.88. The molecule has 0 heterocycles. The molecular formula is C11H15Cl2NO2. The van der Waals surface area contributed by atoms with E-state index in [1.807, 2.05) is 0 Å². The largest absolute Gasteiger partial charge is 0.480 e. The Morgan fingerprint density at radius 2 is 1.81 bits per heavy atom. The van der Waals surface area contributed by atoms with Crippen molar-refractivity contribution in [3.63, 3.8) is 0 Å². The Kier molecular flexibility index (Phi) is 5.26. The highest BCUT2D eigenvalue weighted by atomic mass is 35.5. The fourth-order valence-electron chi connectivity index (χ4n) is 1.37. The molecule has 0 radical (unpaired) electrons. The Bertz CT molecular complexity index is 363. The van der Waals surface area contributed by atoms with Gasteiger partial charge in [-0.05, 0) is 17.7 Å². The topological polar surface area (TPSA) is 63.3 Å². The quantitative estimate of drug-likeness (QED) is 0.881. The second kappa shape index (κ2) is 5.53. The van der Waals surface area contributed by atoms with Gasteiger partial charge in [0, 0.05) is 10.4 Å². The summed E-state index contributed by atoms with van der Waals surface area (Å²) < 4.78 is 0. The maximum Gasteiger partial charge on any atom is 0.321 e. The third kappa shape index (κ3) is 3.11. The van der Waals surface area contributed by atoms with Crippen molar-refractivity contribution in [3.05, 3.63) is 34.9 Å². The summed E-state index contributed by atoms with van der Waals surface area (Å²) in [6, 6.07) is 6.12. The summed E-state index contributed by atoms with van der Waals surface area (Å²) in [6.07, 6.45) is 0. The lowest BCUT2D eigenvalue weighted by atomic mass is 9.78. The molecule has 0 amide bonds. The maximum atomic E-state index is 10.8. The lowest BCUT2D eigenvalue weighted by Gasteiger charge is -2.29. The fourth-order valence-corrected chi connectivity index (χ4v) is 1.49. The van der Waals surface area contributed by atoms with E-state index in [-0.39, 0.29) is 12.4 Å². The zero-order valence-corrected chi connectivity index (χ0v) is 10.7. The van der Waals surface area contributed by atoms with Crippen LogP contribution in [0.5, 0.6) is 0 Å². The molecule has 5 heteroatoms. The van der Waals surface area contributed by atoms with Crippen LogP contribution < -0.4 is 5.73 Å². The van der Waals surface area contributed by atoms with E-state index in [1.165, 1.54) is 0 Å². The number of carbonyl (C=O) groups is 1. The molecule has 0 saturated heterocycles. The van der Waals surface area contributed by atoms with Gasteiger partial charge in [-0.3, -0.25) is 4.79 Å². The lowest BCUT2D eigenvalue weighted by Crippen LogP contribution is -2.46. The van der Waals surface area contributed by atoms with Crippen LogP contribution in [0.1, 0.15) is 19.4 Å². The van der Waals surface area contributed by atoms with E-state index in [2.05, 4.69) is 0 Å². The number of hydrogen-bond acceptors (Lipinski definition) is 2. The molecule has 16 heavy (non-hydrogen) atoms. The first-order chi connectivity index (χ1) is 6.85. The highest BCUT2D eigenvalue weighted by Gasteiger charge is 2.33. The summed E-state index contributed by atoms with van der Waals surface area (Å²) in [5, 5.41) is 9.51. The van der Waals surface area contributed by atoms with Crippen LogP contribution in [0.25, 0.3) is 0 Å². The molecule has 3 N–H and O–H groups in total. The summed E-state index contributed by atoms with van der Waals surface area (Å²) in [5.74, 6) is -1.00. The second-order valence-corrected chi connectivity index (χ2v) is 4.48. The molecule has 1 rings (SSSR count). The molecule has 3 nitrogen and oxygen atoms in total. The van der Waals surface area contributed by atoms with Crippen LogP contribution >= 0.6 is 24.0 Å². The van der Waals surface area contributed by atoms with Gasteiger partial charge < -0.3 is 10.8 Å². The van der Waals surface area contributed by atoms with Gasteiger partial charge in [-0.1, -0.05) is 37.6 Å². The third-order valence-electron chi connectivity index (χ3n) is 2.63. The van der Waals surface area contributed by atoms with Gasteiger partial charge >= 0.3 is 5.97 Å². The van der Waals surface area contributed by atoms with Gasteiger partial charge in [-0.2, -0.15) is 0 Å². The smallest absolute Gasteiger partial charge is 0.321 e. The monoisotopic (exact) mass is 263 g/mol. The molecule has 0 bridgehead atoms. The molecule has 0 spiro atoms. The number of halogens is 2. The van der Waals surface area contributed by atoms with E-state index in [0.29, 0.717) is 5.02 Å². The van der Waals surface area contributed by atoms with Crippen LogP contribution in [0, 0.1) is 0 Å². The van der Waals surface area contributed by atoms with Crippen molar-refractivity contribution in [3.8, 4) is 0 Å². The average molecular weight is 264 g/mol. The Balaban J connectivity index is 0.00000225. The molecule has 90 valence electrons. The summed E-state index contributed by atoms with van der Waals surface area (Å²) in [6.45, 7) is 3.60. The lowest BCUT2D eigenvalue weighted by molar-refractivity contribution is -0.140. The molecule has 0 aromatic heterocycles. The Morgan fingerprint density at radius 3 is 2.19 bits per heavy atom. The zero-order valence-electron chi connectivity index (χ0n) is 9.11. The van der Waals surface area contributed by atoms with E-state index < -0.39 is 17.4 Å². The Labute approximate surface area is 106 Å². The molecule has 0 fully saturated rings. The molecule has 0 aliphatic rings. The standard InChI is InChI=1S/C11H14ClNO2.ClH/c1-11(2,9(13)10(14)15)7-3-5-8(12)6-4-7;/h3-6,9H,13H2,1-2H3,(H,14,15);1H. The van der Waals surface area contributed by atoms with Gasteiger partial charge in [0.1, 0.15) is 6.04 Å².